The fourth-order valence-corrected chi connectivity index (χ4v) is 2.86. The number of benzene rings is 2. The van der Waals surface area contributed by atoms with Gasteiger partial charge >= 0.3 is 0 Å². The van der Waals surface area contributed by atoms with E-state index in [9.17, 15) is 4.79 Å². The summed E-state index contributed by atoms with van der Waals surface area (Å²) >= 11 is 0. The molecule has 1 N–H and O–H groups in total. The number of carbonyl (C=O) groups is 1. The number of hydrogen-bond donors (Lipinski definition) is 1. The highest BCUT2D eigenvalue weighted by Gasteiger charge is 2.22. The number of fused-ring (bicyclic) bond motifs is 1. The van der Waals surface area contributed by atoms with Gasteiger partial charge in [0, 0.05) is 12.1 Å². The van der Waals surface area contributed by atoms with Crippen LogP contribution in [0.4, 0.5) is 0 Å². The summed E-state index contributed by atoms with van der Waals surface area (Å²) < 4.78 is 16.1. The second kappa shape index (κ2) is 6.55. The van der Waals surface area contributed by atoms with Gasteiger partial charge in [-0.15, -0.1) is 0 Å². The number of nitrogens with one attached hydrogen (secondary N) is 1. The van der Waals surface area contributed by atoms with E-state index in [2.05, 4.69) is 10.5 Å². The number of rotatable bonds is 4. The number of aromatic nitrogens is 1. The second-order valence-corrected chi connectivity index (χ2v) is 6.21. The van der Waals surface area contributed by atoms with Crippen molar-refractivity contribution in [3.8, 4) is 22.8 Å². The summed E-state index contributed by atoms with van der Waals surface area (Å²) in [6, 6.07) is 13.4. The Morgan fingerprint density at radius 1 is 1.08 bits per heavy atom. The first-order valence-corrected chi connectivity index (χ1v) is 8.32. The summed E-state index contributed by atoms with van der Waals surface area (Å²) in [4.78, 5) is 12.7. The Labute approximate surface area is 150 Å². The third-order valence-electron chi connectivity index (χ3n) is 4.29. The molecule has 3 aromatic rings. The van der Waals surface area contributed by atoms with Crippen LogP contribution >= 0.6 is 0 Å². The Balaban J connectivity index is 1.53. The Morgan fingerprint density at radius 3 is 2.65 bits per heavy atom. The van der Waals surface area contributed by atoms with E-state index in [0.717, 1.165) is 22.4 Å². The molecule has 132 valence electrons. The third kappa shape index (κ3) is 3.01. The summed E-state index contributed by atoms with van der Waals surface area (Å²) in [6.07, 6.45) is 0. The minimum Gasteiger partial charge on any atom is -0.454 e. The quantitative estimate of drug-likeness (QED) is 0.778. The lowest BCUT2D eigenvalue weighted by Gasteiger charge is -2.07. The van der Waals surface area contributed by atoms with E-state index in [1.54, 1.807) is 6.92 Å². The van der Waals surface area contributed by atoms with Gasteiger partial charge in [-0.25, -0.2) is 0 Å². The molecular weight excluding hydrogens is 332 g/mol. The zero-order valence-corrected chi connectivity index (χ0v) is 14.5. The molecule has 4 rings (SSSR count). The van der Waals surface area contributed by atoms with Crippen LogP contribution in [0.1, 0.15) is 27.2 Å². The summed E-state index contributed by atoms with van der Waals surface area (Å²) in [5.41, 5.74) is 3.90. The standard InChI is InChI=1S/C20H18N2O4/c1-12-3-6-15(7-4-12)19-18(13(2)22-26-19)20(23)21-10-14-5-8-16-17(9-14)25-11-24-16/h3-9H,10-11H2,1-2H3,(H,21,23). The molecule has 0 saturated heterocycles. The van der Waals surface area contributed by atoms with Crippen LogP contribution in [0.3, 0.4) is 0 Å². The van der Waals surface area contributed by atoms with Crippen LogP contribution in [0.25, 0.3) is 11.3 Å². The van der Waals surface area contributed by atoms with Crippen LogP contribution < -0.4 is 14.8 Å². The van der Waals surface area contributed by atoms with Gasteiger partial charge in [0.25, 0.3) is 5.91 Å². The second-order valence-electron chi connectivity index (χ2n) is 6.21. The molecule has 2 heterocycles. The van der Waals surface area contributed by atoms with E-state index in [4.69, 9.17) is 14.0 Å². The summed E-state index contributed by atoms with van der Waals surface area (Å²) in [7, 11) is 0. The number of aryl methyl sites for hydroxylation is 2. The zero-order chi connectivity index (χ0) is 18.1. The first-order chi connectivity index (χ1) is 12.6. The van der Waals surface area contributed by atoms with Crippen molar-refractivity contribution < 1.29 is 18.8 Å². The van der Waals surface area contributed by atoms with Crippen LogP contribution in [-0.4, -0.2) is 17.9 Å². The smallest absolute Gasteiger partial charge is 0.257 e. The monoisotopic (exact) mass is 350 g/mol. The van der Waals surface area contributed by atoms with Crippen molar-refractivity contribution in [2.75, 3.05) is 6.79 Å². The van der Waals surface area contributed by atoms with E-state index in [1.807, 2.05) is 49.4 Å². The SMILES string of the molecule is Cc1ccc(-c2onc(C)c2C(=O)NCc2ccc3c(c2)OCO3)cc1. The maximum absolute atomic E-state index is 12.7. The molecule has 1 aromatic heterocycles. The van der Waals surface area contributed by atoms with Crippen molar-refractivity contribution in [3.63, 3.8) is 0 Å². The molecule has 0 radical (unpaired) electrons. The molecule has 1 aliphatic heterocycles. The Bertz CT molecular complexity index is 960. The van der Waals surface area contributed by atoms with Crippen molar-refractivity contribution in [1.29, 1.82) is 0 Å². The molecule has 1 aliphatic rings. The van der Waals surface area contributed by atoms with E-state index in [-0.39, 0.29) is 12.7 Å². The van der Waals surface area contributed by atoms with Gasteiger partial charge in [0.15, 0.2) is 17.3 Å². The predicted molar refractivity (Wildman–Crippen MR) is 95.1 cm³/mol. The normalized spacial score (nSPS) is 12.2. The number of nitrogens with zero attached hydrogens (tertiary/aromatic N) is 1. The first-order valence-electron chi connectivity index (χ1n) is 8.32. The van der Waals surface area contributed by atoms with Crippen LogP contribution in [0.2, 0.25) is 0 Å². The van der Waals surface area contributed by atoms with Gasteiger partial charge in [-0.2, -0.15) is 0 Å². The van der Waals surface area contributed by atoms with Gasteiger partial charge in [-0.05, 0) is 31.5 Å². The fraction of sp³-hybridized carbons (Fsp3) is 0.200. The molecule has 6 nitrogen and oxygen atoms in total. The predicted octanol–water partition coefficient (Wildman–Crippen LogP) is 3.62. The van der Waals surface area contributed by atoms with Gasteiger partial charge in [-0.3, -0.25) is 4.79 Å². The Hall–Kier alpha value is -3.28. The average molecular weight is 350 g/mol. The minimum absolute atomic E-state index is 0.225. The molecule has 6 heteroatoms. The van der Waals surface area contributed by atoms with E-state index in [0.29, 0.717) is 29.3 Å². The Morgan fingerprint density at radius 2 is 1.85 bits per heavy atom. The van der Waals surface area contributed by atoms with E-state index in [1.165, 1.54) is 0 Å². The van der Waals surface area contributed by atoms with Crippen molar-refractivity contribution in [2.45, 2.75) is 20.4 Å². The largest absolute Gasteiger partial charge is 0.454 e. The molecule has 1 amide bonds. The molecule has 2 aromatic carbocycles. The van der Waals surface area contributed by atoms with Crippen molar-refractivity contribution in [3.05, 3.63) is 64.8 Å². The van der Waals surface area contributed by atoms with Gasteiger partial charge < -0.3 is 19.3 Å². The molecule has 0 fully saturated rings. The molecule has 26 heavy (non-hydrogen) atoms. The number of amides is 1. The van der Waals surface area contributed by atoms with E-state index < -0.39 is 0 Å². The molecule has 0 aliphatic carbocycles. The van der Waals surface area contributed by atoms with Gasteiger partial charge in [-0.1, -0.05) is 41.1 Å². The van der Waals surface area contributed by atoms with Crippen LogP contribution in [-0.2, 0) is 6.54 Å². The summed E-state index contributed by atoms with van der Waals surface area (Å²) in [6.45, 7) is 4.36. The third-order valence-corrected chi connectivity index (χ3v) is 4.29. The van der Waals surface area contributed by atoms with Crippen LogP contribution in [0.5, 0.6) is 11.5 Å². The number of ether oxygens (including phenoxy) is 2. The molecular formula is C20H18N2O4. The van der Waals surface area contributed by atoms with Crippen LogP contribution in [0, 0.1) is 13.8 Å². The minimum atomic E-state index is -0.225. The summed E-state index contributed by atoms with van der Waals surface area (Å²) in [5.74, 6) is 1.66. The molecule has 0 saturated carbocycles. The van der Waals surface area contributed by atoms with E-state index >= 15 is 0 Å². The fourth-order valence-electron chi connectivity index (χ4n) is 2.86. The molecule has 0 atom stereocenters. The lowest BCUT2D eigenvalue weighted by molar-refractivity contribution is 0.0950. The van der Waals surface area contributed by atoms with Gasteiger partial charge in [0.1, 0.15) is 5.56 Å². The van der Waals surface area contributed by atoms with Crippen molar-refractivity contribution >= 4 is 5.91 Å². The molecule has 0 bridgehead atoms. The lowest BCUT2D eigenvalue weighted by Crippen LogP contribution is -2.23. The zero-order valence-electron chi connectivity index (χ0n) is 14.5. The molecule has 0 unspecified atom stereocenters. The molecule has 0 spiro atoms. The lowest BCUT2D eigenvalue weighted by atomic mass is 10.0. The highest BCUT2D eigenvalue weighted by molar-refractivity contribution is 6.00. The highest BCUT2D eigenvalue weighted by Crippen LogP contribution is 2.32. The number of hydrogen-bond acceptors (Lipinski definition) is 5. The topological polar surface area (TPSA) is 73.6 Å². The maximum Gasteiger partial charge on any atom is 0.257 e. The van der Waals surface area contributed by atoms with Gasteiger partial charge in [0.05, 0.1) is 5.69 Å². The highest BCUT2D eigenvalue weighted by atomic mass is 16.7. The summed E-state index contributed by atoms with van der Waals surface area (Å²) in [5, 5.41) is 6.89. The first kappa shape index (κ1) is 16.2. The maximum atomic E-state index is 12.7. The average Bonchev–Trinajstić information content (AvgIpc) is 3.26. The van der Waals surface area contributed by atoms with Crippen molar-refractivity contribution in [1.82, 2.24) is 10.5 Å². The van der Waals surface area contributed by atoms with Crippen LogP contribution in [0.15, 0.2) is 47.0 Å². The number of carbonyl (C=O) groups excluding carboxylic acids is 1. The van der Waals surface area contributed by atoms with Gasteiger partial charge in [0.2, 0.25) is 6.79 Å². The van der Waals surface area contributed by atoms with Crippen molar-refractivity contribution in [2.24, 2.45) is 0 Å². The Kier molecular flexibility index (Phi) is 4.08.